The summed E-state index contributed by atoms with van der Waals surface area (Å²) in [6.07, 6.45) is 11.5. The molecule has 0 aromatic carbocycles. The Morgan fingerprint density at radius 3 is 2.31 bits per heavy atom. The number of hydrogen-bond donors (Lipinski definition) is 0. The highest BCUT2D eigenvalue weighted by molar-refractivity contribution is 4.84. The minimum atomic E-state index is 0.230. The van der Waals surface area contributed by atoms with E-state index in [0.717, 1.165) is 12.5 Å². The first kappa shape index (κ1) is 11.9. The van der Waals surface area contributed by atoms with Gasteiger partial charge in [-0.1, -0.05) is 25.7 Å². The van der Waals surface area contributed by atoms with Crippen LogP contribution in [0.2, 0.25) is 0 Å². The number of nitrogens with zero attached hydrogens (tertiary/aromatic N) is 1. The Kier molecular flexibility index (Phi) is 4.66. The minimum Gasteiger partial charge on any atom is -0.377 e. The average molecular weight is 221 g/mol. The summed E-state index contributed by atoms with van der Waals surface area (Å²) in [5, 5.41) is 8.86. The van der Waals surface area contributed by atoms with E-state index in [0.29, 0.717) is 12.3 Å². The van der Waals surface area contributed by atoms with Gasteiger partial charge < -0.3 is 4.74 Å². The fraction of sp³-hybridized carbons (Fsp3) is 0.929. The molecular formula is C14H23NO. The Hall–Kier alpha value is -0.550. The summed E-state index contributed by atoms with van der Waals surface area (Å²) < 4.78 is 6.03. The summed E-state index contributed by atoms with van der Waals surface area (Å²) in [5.74, 6) is 1.45. The van der Waals surface area contributed by atoms with Gasteiger partial charge in [0.15, 0.2) is 0 Å². The molecule has 0 radical (unpaired) electrons. The molecule has 0 heterocycles. The van der Waals surface area contributed by atoms with Crippen LogP contribution in [0, 0.1) is 23.2 Å². The normalized spacial score (nSPS) is 24.7. The van der Waals surface area contributed by atoms with E-state index in [1.807, 2.05) is 0 Å². The predicted molar refractivity (Wildman–Crippen MR) is 63.9 cm³/mol. The first-order valence-electron chi connectivity index (χ1n) is 6.88. The van der Waals surface area contributed by atoms with Gasteiger partial charge in [0, 0.05) is 6.61 Å². The van der Waals surface area contributed by atoms with Crippen LogP contribution in [0.3, 0.4) is 0 Å². The highest BCUT2D eigenvalue weighted by Crippen LogP contribution is 2.32. The molecule has 0 amide bonds. The van der Waals surface area contributed by atoms with Gasteiger partial charge in [0.2, 0.25) is 0 Å². The monoisotopic (exact) mass is 221 g/mol. The number of rotatable bonds is 5. The molecule has 2 nitrogen and oxygen atoms in total. The Morgan fingerprint density at radius 2 is 1.69 bits per heavy atom. The summed E-state index contributed by atoms with van der Waals surface area (Å²) in [6, 6.07) is 2.30. The van der Waals surface area contributed by atoms with Crippen molar-refractivity contribution < 1.29 is 4.74 Å². The molecular weight excluding hydrogens is 198 g/mol. The lowest BCUT2D eigenvalue weighted by molar-refractivity contribution is -0.00136. The highest BCUT2D eigenvalue weighted by atomic mass is 16.5. The lowest BCUT2D eigenvalue weighted by atomic mass is 9.98. The molecule has 2 heteroatoms. The fourth-order valence-electron chi connectivity index (χ4n) is 3.22. The number of ether oxygens (including phenoxy) is 1. The molecule has 0 aromatic heterocycles. The quantitative estimate of drug-likeness (QED) is 0.709. The average Bonchev–Trinajstić information content (AvgIpc) is 2.96. The van der Waals surface area contributed by atoms with E-state index in [9.17, 15) is 0 Å². The van der Waals surface area contributed by atoms with Crippen LogP contribution < -0.4 is 0 Å². The van der Waals surface area contributed by atoms with Crippen molar-refractivity contribution in [2.45, 2.75) is 63.9 Å². The standard InChI is InChI=1S/C14H23NO/c15-10-9-14(13-7-3-4-8-13)16-11-12-5-1-2-6-12/h12-14H,1-9,11H2. The molecule has 1 atom stereocenters. The maximum Gasteiger partial charge on any atom is 0.0733 e. The highest BCUT2D eigenvalue weighted by Gasteiger charge is 2.26. The first-order valence-corrected chi connectivity index (χ1v) is 6.88. The molecule has 2 saturated carbocycles. The molecule has 90 valence electrons. The second kappa shape index (κ2) is 6.25. The van der Waals surface area contributed by atoms with Crippen molar-refractivity contribution in [3.63, 3.8) is 0 Å². The number of hydrogen-bond acceptors (Lipinski definition) is 2. The maximum atomic E-state index is 8.86. The van der Waals surface area contributed by atoms with Gasteiger partial charge in [-0.15, -0.1) is 0 Å². The van der Waals surface area contributed by atoms with E-state index in [1.54, 1.807) is 0 Å². The van der Waals surface area contributed by atoms with E-state index in [2.05, 4.69) is 6.07 Å². The topological polar surface area (TPSA) is 33.0 Å². The van der Waals surface area contributed by atoms with Crippen LogP contribution in [0.1, 0.15) is 57.8 Å². The molecule has 2 fully saturated rings. The smallest absolute Gasteiger partial charge is 0.0733 e. The Morgan fingerprint density at radius 1 is 1.06 bits per heavy atom. The summed E-state index contributed by atoms with van der Waals surface area (Å²) in [6.45, 7) is 0.906. The summed E-state index contributed by atoms with van der Waals surface area (Å²) >= 11 is 0. The van der Waals surface area contributed by atoms with Crippen LogP contribution >= 0.6 is 0 Å². The van der Waals surface area contributed by atoms with E-state index >= 15 is 0 Å². The van der Waals surface area contributed by atoms with E-state index in [4.69, 9.17) is 10.00 Å². The molecule has 0 spiro atoms. The predicted octanol–water partition coefficient (Wildman–Crippen LogP) is 3.67. The lowest BCUT2D eigenvalue weighted by Crippen LogP contribution is -2.24. The summed E-state index contributed by atoms with van der Waals surface area (Å²) in [7, 11) is 0. The zero-order valence-electron chi connectivity index (χ0n) is 10.2. The minimum absolute atomic E-state index is 0.230. The third-order valence-electron chi connectivity index (χ3n) is 4.24. The van der Waals surface area contributed by atoms with E-state index in [-0.39, 0.29) is 6.10 Å². The van der Waals surface area contributed by atoms with Gasteiger partial charge in [0.1, 0.15) is 0 Å². The molecule has 0 aliphatic heterocycles. The molecule has 1 unspecified atom stereocenters. The van der Waals surface area contributed by atoms with Crippen molar-refractivity contribution in [3.05, 3.63) is 0 Å². The van der Waals surface area contributed by atoms with Crippen molar-refractivity contribution in [2.75, 3.05) is 6.61 Å². The van der Waals surface area contributed by atoms with Crippen molar-refractivity contribution >= 4 is 0 Å². The fourth-order valence-corrected chi connectivity index (χ4v) is 3.22. The van der Waals surface area contributed by atoms with Gasteiger partial charge in [-0.25, -0.2) is 0 Å². The molecule has 0 bridgehead atoms. The van der Waals surface area contributed by atoms with Crippen molar-refractivity contribution in [2.24, 2.45) is 11.8 Å². The first-order chi connectivity index (χ1) is 7.90. The van der Waals surface area contributed by atoms with Crippen LogP contribution in [0.5, 0.6) is 0 Å². The third kappa shape index (κ3) is 3.22. The molecule has 0 N–H and O–H groups in total. The zero-order valence-corrected chi connectivity index (χ0v) is 10.2. The van der Waals surface area contributed by atoms with Crippen LogP contribution in [-0.2, 0) is 4.74 Å². The van der Waals surface area contributed by atoms with Gasteiger partial charge in [-0.3, -0.25) is 0 Å². The lowest BCUT2D eigenvalue weighted by Gasteiger charge is -2.23. The van der Waals surface area contributed by atoms with Crippen LogP contribution in [0.4, 0.5) is 0 Å². The van der Waals surface area contributed by atoms with Crippen LogP contribution in [0.25, 0.3) is 0 Å². The second-order valence-electron chi connectivity index (χ2n) is 5.43. The van der Waals surface area contributed by atoms with Gasteiger partial charge in [0.05, 0.1) is 18.6 Å². The van der Waals surface area contributed by atoms with Gasteiger partial charge in [0.25, 0.3) is 0 Å². The van der Waals surface area contributed by atoms with Gasteiger partial charge in [-0.05, 0) is 37.5 Å². The molecule has 2 aliphatic rings. The maximum absolute atomic E-state index is 8.86. The molecule has 2 rings (SSSR count). The second-order valence-corrected chi connectivity index (χ2v) is 5.43. The number of nitriles is 1. The molecule has 16 heavy (non-hydrogen) atoms. The Labute approximate surface area is 99.0 Å². The van der Waals surface area contributed by atoms with Crippen LogP contribution in [0.15, 0.2) is 0 Å². The van der Waals surface area contributed by atoms with Crippen molar-refractivity contribution in [3.8, 4) is 6.07 Å². The third-order valence-corrected chi connectivity index (χ3v) is 4.24. The SMILES string of the molecule is N#CCC(OCC1CCCC1)C1CCCC1. The zero-order chi connectivity index (χ0) is 11.2. The van der Waals surface area contributed by atoms with Crippen molar-refractivity contribution in [1.82, 2.24) is 0 Å². The van der Waals surface area contributed by atoms with Gasteiger partial charge >= 0.3 is 0 Å². The Bertz CT molecular complexity index is 234. The van der Waals surface area contributed by atoms with Gasteiger partial charge in [-0.2, -0.15) is 5.26 Å². The molecule has 2 aliphatic carbocycles. The summed E-state index contributed by atoms with van der Waals surface area (Å²) in [4.78, 5) is 0. The molecule has 0 saturated heterocycles. The van der Waals surface area contributed by atoms with Crippen LogP contribution in [-0.4, -0.2) is 12.7 Å². The molecule has 0 aromatic rings. The van der Waals surface area contributed by atoms with E-state index < -0.39 is 0 Å². The van der Waals surface area contributed by atoms with E-state index in [1.165, 1.54) is 51.4 Å². The summed E-state index contributed by atoms with van der Waals surface area (Å²) in [5.41, 5.74) is 0. The Balaban J connectivity index is 1.75. The largest absolute Gasteiger partial charge is 0.377 e. The van der Waals surface area contributed by atoms with Crippen molar-refractivity contribution in [1.29, 1.82) is 5.26 Å².